The SMILES string of the molecule is CCCCCCC/C=C\C/C=C\CCCCCCCCCCCCCCCCCCCCCCCC(=O)NC(COP(=O)([O-])OCC[N+](C)(C)C)C(O)/C=C/CC/C=C/CCCCCCCCCCC. The summed E-state index contributed by atoms with van der Waals surface area (Å²) < 4.78 is 23.3. The van der Waals surface area contributed by atoms with Gasteiger partial charge in [0, 0.05) is 6.42 Å². The van der Waals surface area contributed by atoms with Gasteiger partial charge in [0.2, 0.25) is 5.91 Å². The molecule has 3 atom stereocenters. The topological polar surface area (TPSA) is 108 Å². The number of quaternary nitrogens is 1. The first-order chi connectivity index (χ1) is 34.0. The number of nitrogens with zero attached hydrogens (tertiary/aromatic N) is 1. The maximum Gasteiger partial charge on any atom is 0.268 e. The first-order valence-corrected chi connectivity index (χ1v) is 31.5. The highest BCUT2D eigenvalue weighted by Crippen LogP contribution is 2.38. The van der Waals surface area contributed by atoms with Gasteiger partial charge in [-0.2, -0.15) is 0 Å². The number of hydrogen-bond acceptors (Lipinski definition) is 6. The van der Waals surface area contributed by atoms with Crippen LogP contribution in [0.25, 0.3) is 0 Å². The van der Waals surface area contributed by atoms with Crippen molar-refractivity contribution in [1.82, 2.24) is 5.32 Å². The molecule has 0 aromatic carbocycles. The van der Waals surface area contributed by atoms with Gasteiger partial charge < -0.3 is 28.8 Å². The third-order valence-corrected chi connectivity index (χ3v) is 14.5. The molecule has 0 aliphatic rings. The first-order valence-electron chi connectivity index (χ1n) is 30.0. The molecule has 0 fully saturated rings. The maximum absolute atomic E-state index is 13.0. The van der Waals surface area contributed by atoms with Gasteiger partial charge >= 0.3 is 0 Å². The fraction of sp³-hybridized carbons (Fsp3) is 0.852. The van der Waals surface area contributed by atoms with Crippen molar-refractivity contribution in [2.24, 2.45) is 0 Å². The molecule has 1 amide bonds. The Bertz CT molecular complexity index is 1280. The molecule has 0 rings (SSSR count). The van der Waals surface area contributed by atoms with Crippen LogP contribution < -0.4 is 10.2 Å². The van der Waals surface area contributed by atoms with E-state index >= 15 is 0 Å². The van der Waals surface area contributed by atoms with E-state index in [4.69, 9.17) is 9.05 Å². The number of nitrogens with one attached hydrogen (secondary N) is 1. The smallest absolute Gasteiger partial charge is 0.268 e. The van der Waals surface area contributed by atoms with E-state index in [1.54, 1.807) is 6.08 Å². The second kappa shape index (κ2) is 52.3. The molecule has 0 bridgehead atoms. The molecule has 0 spiro atoms. The number of phosphoric acid groups is 1. The first kappa shape index (κ1) is 68.5. The van der Waals surface area contributed by atoms with Gasteiger partial charge in [-0.3, -0.25) is 9.36 Å². The summed E-state index contributed by atoms with van der Waals surface area (Å²) in [5.74, 6) is -0.204. The van der Waals surface area contributed by atoms with E-state index in [9.17, 15) is 19.4 Å². The number of allylic oxidation sites excluding steroid dienone is 7. The third-order valence-electron chi connectivity index (χ3n) is 13.5. The van der Waals surface area contributed by atoms with Crippen molar-refractivity contribution < 1.29 is 32.9 Å². The Balaban J connectivity index is 4.04. The van der Waals surface area contributed by atoms with Gasteiger partial charge in [-0.15, -0.1) is 0 Å². The molecule has 0 aliphatic carbocycles. The minimum atomic E-state index is -4.60. The summed E-state index contributed by atoms with van der Waals surface area (Å²) in [6.45, 7) is 4.64. The van der Waals surface area contributed by atoms with E-state index in [-0.39, 0.29) is 12.5 Å². The Morgan fingerprint density at radius 3 is 1.24 bits per heavy atom. The van der Waals surface area contributed by atoms with Crippen LogP contribution in [0.3, 0.4) is 0 Å². The normalized spacial score (nSPS) is 14.2. The molecule has 0 radical (unpaired) electrons. The molecule has 0 aromatic rings. The fourth-order valence-corrected chi connectivity index (χ4v) is 9.51. The number of hydrogen-bond donors (Lipinski definition) is 2. The molecular formula is C61H117N2O6P. The molecule has 2 N–H and O–H groups in total. The van der Waals surface area contributed by atoms with Gasteiger partial charge in [-0.25, -0.2) is 0 Å². The molecular weight excluding hydrogens is 888 g/mol. The van der Waals surface area contributed by atoms with Crippen molar-refractivity contribution in [2.45, 2.75) is 296 Å². The monoisotopic (exact) mass is 1000 g/mol. The number of aliphatic hydroxyl groups is 1. The predicted octanol–water partition coefficient (Wildman–Crippen LogP) is 17.7. The summed E-state index contributed by atoms with van der Waals surface area (Å²) in [6, 6.07) is -0.902. The molecule has 70 heavy (non-hydrogen) atoms. The van der Waals surface area contributed by atoms with Crippen molar-refractivity contribution in [2.75, 3.05) is 40.9 Å². The Morgan fingerprint density at radius 1 is 0.500 bits per heavy atom. The zero-order chi connectivity index (χ0) is 51.3. The lowest BCUT2D eigenvalue weighted by atomic mass is 10.0. The Morgan fingerprint density at radius 2 is 0.843 bits per heavy atom. The molecule has 0 aromatic heterocycles. The lowest BCUT2D eigenvalue weighted by molar-refractivity contribution is -0.870. The van der Waals surface area contributed by atoms with E-state index in [1.807, 2.05) is 27.2 Å². The molecule has 0 saturated carbocycles. The van der Waals surface area contributed by atoms with E-state index in [0.717, 1.165) is 44.9 Å². The van der Waals surface area contributed by atoms with Crippen LogP contribution in [0.4, 0.5) is 0 Å². The van der Waals surface area contributed by atoms with E-state index in [1.165, 1.54) is 218 Å². The molecule has 412 valence electrons. The lowest BCUT2D eigenvalue weighted by Crippen LogP contribution is -2.45. The summed E-state index contributed by atoms with van der Waals surface area (Å²) in [6.07, 6.45) is 69.2. The van der Waals surface area contributed by atoms with Gasteiger partial charge in [0.15, 0.2) is 0 Å². The van der Waals surface area contributed by atoms with Gasteiger partial charge in [0.05, 0.1) is 39.9 Å². The van der Waals surface area contributed by atoms with Crippen LogP contribution >= 0.6 is 7.82 Å². The summed E-state index contributed by atoms with van der Waals surface area (Å²) >= 11 is 0. The van der Waals surface area contributed by atoms with E-state index in [0.29, 0.717) is 17.4 Å². The molecule has 9 heteroatoms. The number of phosphoric ester groups is 1. The molecule has 0 heterocycles. The number of carbonyl (C=O) groups excluding carboxylic acids is 1. The van der Waals surface area contributed by atoms with Crippen molar-refractivity contribution in [3.05, 3.63) is 48.6 Å². The van der Waals surface area contributed by atoms with Crippen molar-refractivity contribution >= 4 is 13.7 Å². The van der Waals surface area contributed by atoms with Crippen LogP contribution in [0, 0.1) is 0 Å². The van der Waals surface area contributed by atoms with E-state index in [2.05, 4.69) is 55.6 Å². The maximum atomic E-state index is 13.0. The van der Waals surface area contributed by atoms with Crippen molar-refractivity contribution in [1.29, 1.82) is 0 Å². The van der Waals surface area contributed by atoms with Gasteiger partial charge in [-0.05, 0) is 64.2 Å². The predicted molar refractivity (Wildman–Crippen MR) is 302 cm³/mol. The minimum absolute atomic E-state index is 0.00558. The van der Waals surface area contributed by atoms with Crippen LogP contribution in [0.5, 0.6) is 0 Å². The summed E-state index contributed by atoms with van der Waals surface area (Å²) in [5.41, 5.74) is 0. The highest BCUT2D eigenvalue weighted by atomic mass is 31.2. The zero-order valence-corrected chi connectivity index (χ0v) is 47.9. The highest BCUT2D eigenvalue weighted by Gasteiger charge is 2.23. The number of carbonyl (C=O) groups is 1. The van der Waals surface area contributed by atoms with Crippen LogP contribution in [-0.2, 0) is 18.4 Å². The van der Waals surface area contributed by atoms with Gasteiger partial charge in [0.1, 0.15) is 13.2 Å². The zero-order valence-electron chi connectivity index (χ0n) is 47.0. The molecule has 3 unspecified atom stereocenters. The van der Waals surface area contributed by atoms with Crippen molar-refractivity contribution in [3.8, 4) is 0 Å². The number of amides is 1. The van der Waals surface area contributed by atoms with E-state index < -0.39 is 26.6 Å². The number of aliphatic hydroxyl groups excluding tert-OH is 1. The van der Waals surface area contributed by atoms with Gasteiger partial charge in [0.25, 0.3) is 7.82 Å². The molecule has 0 saturated heterocycles. The summed E-state index contributed by atoms with van der Waals surface area (Å²) in [7, 11) is 1.25. The Hall–Kier alpha value is -1.54. The minimum Gasteiger partial charge on any atom is -0.756 e. The molecule has 0 aliphatic heterocycles. The quantitative estimate of drug-likeness (QED) is 0.0272. The van der Waals surface area contributed by atoms with Gasteiger partial charge in [-0.1, -0.05) is 262 Å². The highest BCUT2D eigenvalue weighted by molar-refractivity contribution is 7.45. The number of unbranched alkanes of at least 4 members (excludes halogenated alkanes) is 36. The standard InChI is InChI=1S/C61H117N2O6P/c1-6-8-10-12-14-16-18-20-22-23-24-25-26-27-28-29-30-31-32-33-34-35-36-37-38-39-41-43-45-47-49-51-53-55-61(65)62-59(58-69-70(66,67)68-57-56-63(3,4)5)60(64)54-52-50-48-46-44-42-40-21-19-17-15-13-11-9-7-2/h18,20,23-24,44,46,52,54,59-60,64H,6-17,19,21-22,25-43,45,47-51,53,55-58H2,1-5H3,(H-,62,65,66,67)/b20-18-,24-23-,46-44+,54-52+. The number of likely N-dealkylation sites (N-methyl/N-ethyl adjacent to an activating group) is 1. The Kier molecular flexibility index (Phi) is 51.2. The average molecular weight is 1010 g/mol. The number of rotatable bonds is 55. The van der Waals surface area contributed by atoms with Crippen molar-refractivity contribution in [3.63, 3.8) is 0 Å². The van der Waals surface area contributed by atoms with Crippen LogP contribution in [-0.4, -0.2) is 68.5 Å². The third kappa shape index (κ3) is 54.2. The van der Waals surface area contributed by atoms with Crippen LogP contribution in [0.1, 0.15) is 284 Å². The fourth-order valence-electron chi connectivity index (χ4n) is 8.79. The summed E-state index contributed by atoms with van der Waals surface area (Å²) in [5, 5.41) is 13.8. The second-order valence-corrected chi connectivity index (χ2v) is 23.1. The summed E-state index contributed by atoms with van der Waals surface area (Å²) in [4.78, 5) is 25.5. The average Bonchev–Trinajstić information content (AvgIpc) is 3.32. The Labute approximate surface area is 435 Å². The largest absolute Gasteiger partial charge is 0.756 e. The molecule has 8 nitrogen and oxygen atoms in total. The van der Waals surface area contributed by atoms with Crippen LogP contribution in [0.15, 0.2) is 48.6 Å². The van der Waals surface area contributed by atoms with Crippen LogP contribution in [0.2, 0.25) is 0 Å². The second-order valence-electron chi connectivity index (χ2n) is 21.7. The lowest BCUT2D eigenvalue weighted by Gasteiger charge is -2.29.